The van der Waals surface area contributed by atoms with E-state index in [4.69, 9.17) is 0 Å². The van der Waals surface area contributed by atoms with E-state index in [1.807, 2.05) is 19.3 Å². The quantitative estimate of drug-likeness (QED) is 0.551. The molecule has 1 aromatic heterocycles. The van der Waals surface area contributed by atoms with Gasteiger partial charge in [0.25, 0.3) is 0 Å². The highest BCUT2D eigenvalue weighted by Crippen LogP contribution is 2.17. The molecule has 2 nitrogen and oxygen atoms in total. The van der Waals surface area contributed by atoms with Crippen molar-refractivity contribution in [1.29, 1.82) is 0 Å². The summed E-state index contributed by atoms with van der Waals surface area (Å²) in [7, 11) is 0. The maximum atomic E-state index is 4.38. The van der Waals surface area contributed by atoms with E-state index in [2.05, 4.69) is 41.2 Å². The van der Waals surface area contributed by atoms with E-state index in [-0.39, 0.29) is 0 Å². The molecule has 0 saturated heterocycles. The highest BCUT2D eigenvalue weighted by molar-refractivity contribution is 5.55. The van der Waals surface area contributed by atoms with Gasteiger partial charge in [0.1, 0.15) is 0 Å². The van der Waals surface area contributed by atoms with Crippen molar-refractivity contribution in [1.82, 2.24) is 9.97 Å². The van der Waals surface area contributed by atoms with Gasteiger partial charge < -0.3 is 0 Å². The third-order valence-corrected chi connectivity index (χ3v) is 4.06. The van der Waals surface area contributed by atoms with Crippen LogP contribution in [0.5, 0.6) is 0 Å². The SMILES string of the molecule is CCCCCCCCCc1ccc(-c2ncc(C)cn2)cc1. The molecule has 0 amide bonds. The zero-order valence-electron chi connectivity index (χ0n) is 14.0. The van der Waals surface area contributed by atoms with Crippen molar-refractivity contribution in [2.75, 3.05) is 0 Å². The minimum Gasteiger partial charge on any atom is -0.236 e. The minimum atomic E-state index is 0.813. The third-order valence-electron chi connectivity index (χ3n) is 4.06. The maximum absolute atomic E-state index is 4.38. The average molecular weight is 296 g/mol. The second-order valence-corrected chi connectivity index (χ2v) is 6.15. The van der Waals surface area contributed by atoms with Crippen LogP contribution >= 0.6 is 0 Å². The summed E-state index contributed by atoms with van der Waals surface area (Å²) in [6, 6.07) is 8.72. The van der Waals surface area contributed by atoms with E-state index in [0.717, 1.165) is 17.0 Å². The topological polar surface area (TPSA) is 25.8 Å². The largest absolute Gasteiger partial charge is 0.236 e. The molecule has 0 fully saturated rings. The molecule has 0 spiro atoms. The number of hydrogen-bond acceptors (Lipinski definition) is 2. The molecule has 0 radical (unpaired) electrons. The van der Waals surface area contributed by atoms with E-state index in [1.54, 1.807) is 0 Å². The predicted molar refractivity (Wildman–Crippen MR) is 93.9 cm³/mol. The van der Waals surface area contributed by atoms with Crippen LogP contribution < -0.4 is 0 Å². The summed E-state index contributed by atoms with van der Waals surface area (Å²) in [5.74, 6) is 0.813. The molecule has 0 aliphatic heterocycles. The first-order valence-corrected chi connectivity index (χ1v) is 8.67. The van der Waals surface area contributed by atoms with Gasteiger partial charge in [0, 0.05) is 18.0 Å². The lowest BCUT2D eigenvalue weighted by Crippen LogP contribution is -1.90. The normalized spacial score (nSPS) is 10.8. The lowest BCUT2D eigenvalue weighted by Gasteiger charge is -2.04. The van der Waals surface area contributed by atoms with Crippen molar-refractivity contribution in [3.8, 4) is 11.4 Å². The fraction of sp³-hybridized carbons (Fsp3) is 0.500. The molecule has 0 aliphatic carbocycles. The number of nitrogens with zero attached hydrogens (tertiary/aromatic N) is 2. The van der Waals surface area contributed by atoms with Crippen molar-refractivity contribution in [2.24, 2.45) is 0 Å². The molecular formula is C20H28N2. The summed E-state index contributed by atoms with van der Waals surface area (Å²) in [5.41, 5.74) is 3.62. The van der Waals surface area contributed by atoms with Crippen LogP contribution in [0.2, 0.25) is 0 Å². The van der Waals surface area contributed by atoms with Gasteiger partial charge in [-0.25, -0.2) is 9.97 Å². The maximum Gasteiger partial charge on any atom is 0.159 e. The molecule has 0 unspecified atom stereocenters. The first-order chi connectivity index (χ1) is 10.8. The highest BCUT2D eigenvalue weighted by Gasteiger charge is 2.01. The molecule has 0 atom stereocenters. The molecule has 2 rings (SSSR count). The van der Waals surface area contributed by atoms with Gasteiger partial charge in [-0.1, -0.05) is 69.7 Å². The minimum absolute atomic E-state index is 0.813. The van der Waals surface area contributed by atoms with Crippen LogP contribution in [-0.4, -0.2) is 9.97 Å². The first-order valence-electron chi connectivity index (χ1n) is 8.67. The van der Waals surface area contributed by atoms with E-state index >= 15 is 0 Å². The van der Waals surface area contributed by atoms with Gasteiger partial charge in [-0.3, -0.25) is 0 Å². The summed E-state index contributed by atoms with van der Waals surface area (Å²) in [5, 5.41) is 0. The van der Waals surface area contributed by atoms with Crippen LogP contribution in [0.25, 0.3) is 11.4 Å². The second kappa shape index (κ2) is 9.34. The average Bonchev–Trinajstić information content (AvgIpc) is 2.55. The summed E-state index contributed by atoms with van der Waals surface area (Å²) in [6.45, 7) is 4.28. The van der Waals surface area contributed by atoms with Gasteiger partial charge in [0.05, 0.1) is 0 Å². The van der Waals surface area contributed by atoms with Crippen LogP contribution in [-0.2, 0) is 6.42 Å². The monoisotopic (exact) mass is 296 g/mol. The molecular weight excluding hydrogens is 268 g/mol. The number of unbranched alkanes of at least 4 members (excludes halogenated alkanes) is 6. The number of aryl methyl sites for hydroxylation is 2. The highest BCUT2D eigenvalue weighted by atomic mass is 14.9. The van der Waals surface area contributed by atoms with Gasteiger partial charge in [-0.2, -0.15) is 0 Å². The Hall–Kier alpha value is -1.70. The lowest BCUT2D eigenvalue weighted by molar-refractivity contribution is 0.589. The molecule has 0 N–H and O–H groups in total. The Bertz CT molecular complexity index is 529. The first kappa shape index (κ1) is 16.7. The van der Waals surface area contributed by atoms with Crippen molar-refractivity contribution >= 4 is 0 Å². The van der Waals surface area contributed by atoms with Gasteiger partial charge in [0.2, 0.25) is 0 Å². The Morgan fingerprint density at radius 1 is 0.773 bits per heavy atom. The third kappa shape index (κ3) is 5.59. The Morgan fingerprint density at radius 3 is 2.00 bits per heavy atom. The number of rotatable bonds is 9. The smallest absolute Gasteiger partial charge is 0.159 e. The molecule has 0 bridgehead atoms. The van der Waals surface area contributed by atoms with Gasteiger partial charge in [0.15, 0.2) is 5.82 Å². The summed E-state index contributed by atoms with van der Waals surface area (Å²) >= 11 is 0. The Morgan fingerprint density at radius 2 is 1.36 bits per heavy atom. The van der Waals surface area contributed by atoms with E-state index in [0.29, 0.717) is 0 Å². The Balaban J connectivity index is 1.74. The van der Waals surface area contributed by atoms with E-state index in [9.17, 15) is 0 Å². The van der Waals surface area contributed by atoms with Crippen LogP contribution in [0.4, 0.5) is 0 Å². The molecule has 0 saturated carbocycles. The Kier molecular flexibility index (Phi) is 7.08. The molecule has 2 heteroatoms. The molecule has 1 heterocycles. The van der Waals surface area contributed by atoms with Gasteiger partial charge in [-0.15, -0.1) is 0 Å². The Labute approximate surface area is 135 Å². The van der Waals surface area contributed by atoms with Crippen LogP contribution in [0.15, 0.2) is 36.7 Å². The molecule has 22 heavy (non-hydrogen) atoms. The summed E-state index contributed by atoms with van der Waals surface area (Å²) in [4.78, 5) is 8.76. The second-order valence-electron chi connectivity index (χ2n) is 6.15. The molecule has 118 valence electrons. The van der Waals surface area contributed by atoms with E-state index in [1.165, 1.54) is 56.9 Å². The molecule has 0 aliphatic rings. The van der Waals surface area contributed by atoms with Crippen molar-refractivity contribution in [3.63, 3.8) is 0 Å². The van der Waals surface area contributed by atoms with Gasteiger partial charge in [-0.05, 0) is 30.9 Å². The van der Waals surface area contributed by atoms with Crippen molar-refractivity contribution in [2.45, 2.75) is 65.2 Å². The van der Waals surface area contributed by atoms with Crippen LogP contribution in [0.1, 0.15) is 63.0 Å². The van der Waals surface area contributed by atoms with Gasteiger partial charge >= 0.3 is 0 Å². The summed E-state index contributed by atoms with van der Waals surface area (Å²) in [6.07, 6.45) is 14.5. The molecule has 1 aromatic carbocycles. The fourth-order valence-corrected chi connectivity index (χ4v) is 2.65. The van der Waals surface area contributed by atoms with Crippen LogP contribution in [0.3, 0.4) is 0 Å². The fourth-order valence-electron chi connectivity index (χ4n) is 2.65. The van der Waals surface area contributed by atoms with Crippen molar-refractivity contribution in [3.05, 3.63) is 47.8 Å². The number of hydrogen-bond donors (Lipinski definition) is 0. The summed E-state index contributed by atoms with van der Waals surface area (Å²) < 4.78 is 0. The zero-order valence-corrected chi connectivity index (χ0v) is 14.0. The zero-order chi connectivity index (χ0) is 15.6. The number of aromatic nitrogens is 2. The lowest BCUT2D eigenvalue weighted by atomic mass is 10.0. The predicted octanol–water partition coefficient (Wildman–Crippen LogP) is 5.75. The van der Waals surface area contributed by atoms with Crippen LogP contribution in [0, 0.1) is 6.92 Å². The van der Waals surface area contributed by atoms with Crippen molar-refractivity contribution < 1.29 is 0 Å². The molecule has 2 aromatic rings. The standard InChI is InChI=1S/C20H28N2/c1-3-4-5-6-7-8-9-10-18-11-13-19(14-12-18)20-21-15-17(2)16-22-20/h11-16H,3-10H2,1-2H3. The number of benzene rings is 1. The van der Waals surface area contributed by atoms with E-state index < -0.39 is 0 Å².